The zero-order valence-corrected chi connectivity index (χ0v) is 11.4. The summed E-state index contributed by atoms with van der Waals surface area (Å²) < 4.78 is 2.14. The Kier molecular flexibility index (Phi) is 3.87. The molecule has 2 rings (SSSR count). The van der Waals surface area contributed by atoms with Crippen molar-refractivity contribution in [3.05, 3.63) is 18.2 Å². The Balaban J connectivity index is 2.08. The standard InChI is InChI=1S/C14H25N3/c1-14(7-5-4-6-8-14)12(15-2)11-13-16-9-10-17(13)3/h9-10,12,15H,4-8,11H2,1-3H3. The number of nitrogens with zero attached hydrogens (tertiary/aromatic N) is 2. The van der Waals surface area contributed by atoms with Crippen LogP contribution in [0.1, 0.15) is 44.9 Å². The van der Waals surface area contributed by atoms with Gasteiger partial charge in [0, 0.05) is 31.9 Å². The Labute approximate surface area is 105 Å². The van der Waals surface area contributed by atoms with Crippen LogP contribution < -0.4 is 5.32 Å². The Hall–Kier alpha value is -0.830. The van der Waals surface area contributed by atoms with Gasteiger partial charge in [-0.2, -0.15) is 0 Å². The summed E-state index contributed by atoms with van der Waals surface area (Å²) in [6.07, 6.45) is 11.8. The van der Waals surface area contributed by atoms with Crippen LogP contribution in [0, 0.1) is 5.41 Å². The predicted octanol–water partition coefficient (Wildman–Crippen LogP) is 2.52. The first-order valence-electron chi connectivity index (χ1n) is 6.79. The summed E-state index contributed by atoms with van der Waals surface area (Å²) in [6, 6.07) is 0.545. The minimum absolute atomic E-state index is 0.443. The summed E-state index contributed by atoms with van der Waals surface area (Å²) in [5, 5.41) is 3.52. The molecule has 1 aliphatic carbocycles. The molecule has 3 nitrogen and oxygen atoms in total. The van der Waals surface area contributed by atoms with Gasteiger partial charge in [-0.3, -0.25) is 0 Å². The zero-order valence-electron chi connectivity index (χ0n) is 11.4. The molecule has 0 spiro atoms. The fourth-order valence-corrected chi connectivity index (χ4v) is 3.18. The minimum Gasteiger partial charge on any atom is -0.338 e. The number of aromatic nitrogens is 2. The molecule has 0 aromatic carbocycles. The molecule has 17 heavy (non-hydrogen) atoms. The lowest BCUT2D eigenvalue weighted by atomic mass is 9.69. The molecule has 1 aliphatic rings. The minimum atomic E-state index is 0.443. The van der Waals surface area contributed by atoms with Gasteiger partial charge in [-0.05, 0) is 25.3 Å². The van der Waals surface area contributed by atoms with E-state index in [4.69, 9.17) is 0 Å². The second-order valence-corrected chi connectivity index (χ2v) is 5.71. The van der Waals surface area contributed by atoms with Crippen LogP contribution in [-0.2, 0) is 13.5 Å². The van der Waals surface area contributed by atoms with Crippen LogP contribution in [0.15, 0.2) is 12.4 Å². The van der Waals surface area contributed by atoms with Crippen molar-refractivity contribution < 1.29 is 0 Å². The smallest absolute Gasteiger partial charge is 0.109 e. The molecule has 1 aromatic rings. The zero-order chi connectivity index (χ0) is 12.3. The van der Waals surface area contributed by atoms with Crippen molar-refractivity contribution in [2.75, 3.05) is 7.05 Å². The fourth-order valence-electron chi connectivity index (χ4n) is 3.18. The largest absolute Gasteiger partial charge is 0.338 e. The van der Waals surface area contributed by atoms with Crippen LogP contribution in [0.5, 0.6) is 0 Å². The first-order valence-corrected chi connectivity index (χ1v) is 6.79. The van der Waals surface area contributed by atoms with Gasteiger partial charge in [-0.15, -0.1) is 0 Å². The lowest BCUT2D eigenvalue weighted by Gasteiger charge is -2.40. The van der Waals surface area contributed by atoms with E-state index in [0.29, 0.717) is 11.5 Å². The lowest BCUT2D eigenvalue weighted by molar-refractivity contribution is 0.147. The van der Waals surface area contributed by atoms with Crippen LogP contribution in [0.4, 0.5) is 0 Å². The highest BCUT2D eigenvalue weighted by Gasteiger charge is 2.35. The third-order valence-electron chi connectivity index (χ3n) is 4.49. The summed E-state index contributed by atoms with van der Waals surface area (Å²) in [4.78, 5) is 4.45. The van der Waals surface area contributed by atoms with E-state index in [0.717, 1.165) is 6.42 Å². The van der Waals surface area contributed by atoms with Crippen molar-refractivity contribution in [1.29, 1.82) is 0 Å². The number of likely N-dealkylation sites (N-methyl/N-ethyl adjacent to an activating group) is 1. The first-order chi connectivity index (χ1) is 8.15. The van der Waals surface area contributed by atoms with E-state index in [1.807, 2.05) is 12.4 Å². The third kappa shape index (κ3) is 2.71. The number of hydrogen-bond acceptors (Lipinski definition) is 2. The van der Waals surface area contributed by atoms with Gasteiger partial charge in [0.2, 0.25) is 0 Å². The van der Waals surface area contributed by atoms with E-state index in [1.165, 1.54) is 37.9 Å². The van der Waals surface area contributed by atoms with Crippen molar-refractivity contribution in [2.45, 2.75) is 51.5 Å². The number of imidazole rings is 1. The normalized spacial score (nSPS) is 21.4. The molecule has 1 saturated carbocycles. The maximum Gasteiger partial charge on any atom is 0.109 e. The van der Waals surface area contributed by atoms with Crippen molar-refractivity contribution in [1.82, 2.24) is 14.9 Å². The van der Waals surface area contributed by atoms with Crippen molar-refractivity contribution >= 4 is 0 Å². The Bertz CT molecular complexity index is 350. The predicted molar refractivity (Wildman–Crippen MR) is 71.0 cm³/mol. The molecule has 96 valence electrons. The summed E-state index contributed by atoms with van der Waals surface area (Å²) >= 11 is 0. The summed E-state index contributed by atoms with van der Waals surface area (Å²) in [5.74, 6) is 1.19. The Morgan fingerprint density at radius 1 is 1.41 bits per heavy atom. The molecule has 1 atom stereocenters. The molecule has 1 aromatic heterocycles. The average molecular weight is 235 g/mol. The molecule has 0 radical (unpaired) electrons. The van der Waals surface area contributed by atoms with E-state index < -0.39 is 0 Å². The van der Waals surface area contributed by atoms with E-state index >= 15 is 0 Å². The van der Waals surface area contributed by atoms with Crippen LogP contribution in [0.3, 0.4) is 0 Å². The molecule has 0 amide bonds. The summed E-state index contributed by atoms with van der Waals surface area (Å²) in [6.45, 7) is 2.44. The first kappa shape index (κ1) is 12.6. The molecule has 0 bridgehead atoms. The van der Waals surface area contributed by atoms with E-state index in [-0.39, 0.29) is 0 Å². The summed E-state index contributed by atoms with van der Waals surface area (Å²) in [7, 11) is 4.17. The molecule has 1 heterocycles. The lowest BCUT2D eigenvalue weighted by Crippen LogP contribution is -2.45. The fraction of sp³-hybridized carbons (Fsp3) is 0.786. The molecular weight excluding hydrogens is 210 g/mol. The van der Waals surface area contributed by atoms with Gasteiger partial charge in [0.15, 0.2) is 0 Å². The molecule has 1 N–H and O–H groups in total. The van der Waals surface area contributed by atoms with Crippen LogP contribution in [0.2, 0.25) is 0 Å². The number of hydrogen-bond donors (Lipinski definition) is 1. The third-order valence-corrected chi connectivity index (χ3v) is 4.49. The van der Waals surface area contributed by atoms with Gasteiger partial charge in [0.25, 0.3) is 0 Å². The number of aryl methyl sites for hydroxylation is 1. The van der Waals surface area contributed by atoms with E-state index in [9.17, 15) is 0 Å². The van der Waals surface area contributed by atoms with Crippen molar-refractivity contribution in [2.24, 2.45) is 12.5 Å². The molecule has 0 saturated heterocycles. The van der Waals surface area contributed by atoms with E-state index in [2.05, 4.69) is 35.9 Å². The maximum absolute atomic E-state index is 4.45. The van der Waals surface area contributed by atoms with Crippen molar-refractivity contribution in [3.8, 4) is 0 Å². The topological polar surface area (TPSA) is 29.9 Å². The van der Waals surface area contributed by atoms with E-state index in [1.54, 1.807) is 0 Å². The second kappa shape index (κ2) is 5.21. The van der Waals surface area contributed by atoms with Gasteiger partial charge in [-0.1, -0.05) is 26.2 Å². The Morgan fingerprint density at radius 3 is 2.65 bits per heavy atom. The average Bonchev–Trinajstić information content (AvgIpc) is 2.72. The number of nitrogens with one attached hydrogen (secondary N) is 1. The molecule has 1 fully saturated rings. The van der Waals surface area contributed by atoms with Gasteiger partial charge in [-0.25, -0.2) is 4.98 Å². The van der Waals surface area contributed by atoms with Crippen LogP contribution in [-0.4, -0.2) is 22.6 Å². The van der Waals surface area contributed by atoms with Gasteiger partial charge < -0.3 is 9.88 Å². The van der Waals surface area contributed by atoms with Gasteiger partial charge in [0.05, 0.1) is 0 Å². The number of rotatable bonds is 4. The highest BCUT2D eigenvalue weighted by atomic mass is 15.0. The molecule has 0 aliphatic heterocycles. The molecule has 3 heteroatoms. The monoisotopic (exact) mass is 235 g/mol. The molecule has 1 unspecified atom stereocenters. The molecular formula is C14H25N3. The second-order valence-electron chi connectivity index (χ2n) is 5.71. The maximum atomic E-state index is 4.45. The van der Waals surface area contributed by atoms with Gasteiger partial charge >= 0.3 is 0 Å². The summed E-state index contributed by atoms with van der Waals surface area (Å²) in [5.41, 5.74) is 0.443. The van der Waals surface area contributed by atoms with Crippen LogP contribution >= 0.6 is 0 Å². The Morgan fingerprint density at radius 2 is 2.12 bits per heavy atom. The quantitative estimate of drug-likeness (QED) is 0.869. The SMILES string of the molecule is CNC(Cc1nccn1C)C1(C)CCCCC1. The van der Waals surface area contributed by atoms with Gasteiger partial charge in [0.1, 0.15) is 5.82 Å². The van der Waals surface area contributed by atoms with Crippen LogP contribution in [0.25, 0.3) is 0 Å². The highest BCUT2D eigenvalue weighted by Crippen LogP contribution is 2.39. The highest BCUT2D eigenvalue weighted by molar-refractivity contribution is 4.99. The van der Waals surface area contributed by atoms with Crippen molar-refractivity contribution in [3.63, 3.8) is 0 Å².